The van der Waals surface area contributed by atoms with Crippen molar-refractivity contribution in [3.05, 3.63) is 58.5 Å². The van der Waals surface area contributed by atoms with Gasteiger partial charge in [0.1, 0.15) is 5.54 Å². The van der Waals surface area contributed by atoms with E-state index in [4.69, 9.17) is 4.42 Å². The third kappa shape index (κ3) is 3.58. The molecule has 1 fully saturated rings. The van der Waals surface area contributed by atoms with Gasteiger partial charge in [0.2, 0.25) is 0 Å². The second-order valence-corrected chi connectivity index (χ2v) is 6.71. The molecule has 1 atom stereocenters. The van der Waals surface area contributed by atoms with Gasteiger partial charge in [-0.15, -0.1) is 0 Å². The maximum atomic E-state index is 12.6. The number of amides is 4. The lowest BCUT2D eigenvalue weighted by Crippen LogP contribution is -2.48. The van der Waals surface area contributed by atoms with Crippen LogP contribution in [0.4, 0.5) is 4.79 Å². The van der Waals surface area contributed by atoms with Gasteiger partial charge in [-0.1, -0.05) is 30.3 Å². The molecule has 0 saturated carbocycles. The SMILES string of the molecule is CC1(CCc2ccccc2)NC(=O)N(NC(=O)c2ccc(Br)o2)C1=O. The van der Waals surface area contributed by atoms with E-state index in [1.807, 2.05) is 30.3 Å². The number of furan rings is 1. The Morgan fingerprint density at radius 3 is 2.60 bits per heavy atom. The number of nitrogens with zero attached hydrogens (tertiary/aromatic N) is 1. The Kier molecular flexibility index (Phi) is 4.63. The van der Waals surface area contributed by atoms with Crippen molar-refractivity contribution in [2.24, 2.45) is 0 Å². The molecule has 1 saturated heterocycles. The molecule has 8 heteroatoms. The number of carbonyl (C=O) groups excluding carboxylic acids is 3. The van der Waals surface area contributed by atoms with Crippen LogP contribution in [0.3, 0.4) is 0 Å². The van der Waals surface area contributed by atoms with Crippen LogP contribution < -0.4 is 10.7 Å². The molecule has 130 valence electrons. The average molecular weight is 406 g/mol. The summed E-state index contributed by atoms with van der Waals surface area (Å²) in [6, 6.07) is 12.0. The van der Waals surface area contributed by atoms with Gasteiger partial charge in [0.15, 0.2) is 10.4 Å². The Morgan fingerprint density at radius 2 is 1.96 bits per heavy atom. The van der Waals surface area contributed by atoms with Gasteiger partial charge in [-0.2, -0.15) is 5.01 Å². The van der Waals surface area contributed by atoms with Crippen LogP contribution in [-0.4, -0.2) is 28.4 Å². The van der Waals surface area contributed by atoms with Crippen LogP contribution in [0, 0.1) is 0 Å². The minimum absolute atomic E-state index is 0.00892. The van der Waals surface area contributed by atoms with Crippen molar-refractivity contribution >= 4 is 33.8 Å². The lowest BCUT2D eigenvalue weighted by atomic mass is 9.93. The number of imide groups is 1. The zero-order valence-electron chi connectivity index (χ0n) is 13.4. The van der Waals surface area contributed by atoms with E-state index in [1.54, 1.807) is 13.0 Å². The summed E-state index contributed by atoms with van der Waals surface area (Å²) in [6.07, 6.45) is 1.04. The molecule has 1 unspecified atom stereocenters. The third-order valence-electron chi connectivity index (χ3n) is 4.03. The molecule has 25 heavy (non-hydrogen) atoms. The van der Waals surface area contributed by atoms with E-state index < -0.39 is 23.4 Å². The summed E-state index contributed by atoms with van der Waals surface area (Å²) in [4.78, 5) is 36.8. The second kappa shape index (κ2) is 6.72. The van der Waals surface area contributed by atoms with Crippen LogP contribution in [0.25, 0.3) is 0 Å². The van der Waals surface area contributed by atoms with Crippen molar-refractivity contribution in [1.29, 1.82) is 0 Å². The van der Waals surface area contributed by atoms with Gasteiger partial charge in [-0.05, 0) is 53.4 Å². The fourth-order valence-corrected chi connectivity index (χ4v) is 2.89. The van der Waals surface area contributed by atoms with Crippen molar-refractivity contribution in [3.63, 3.8) is 0 Å². The van der Waals surface area contributed by atoms with E-state index in [0.29, 0.717) is 22.5 Å². The number of halogens is 1. The molecule has 0 aliphatic carbocycles. The van der Waals surface area contributed by atoms with Crippen LogP contribution in [-0.2, 0) is 11.2 Å². The number of rotatable bonds is 5. The van der Waals surface area contributed by atoms with E-state index in [-0.39, 0.29) is 5.76 Å². The summed E-state index contributed by atoms with van der Waals surface area (Å²) in [7, 11) is 0. The monoisotopic (exact) mass is 405 g/mol. The van der Waals surface area contributed by atoms with Crippen molar-refractivity contribution in [2.75, 3.05) is 0 Å². The maximum absolute atomic E-state index is 12.6. The molecule has 1 aromatic heterocycles. The van der Waals surface area contributed by atoms with Gasteiger partial charge >= 0.3 is 11.9 Å². The van der Waals surface area contributed by atoms with E-state index in [9.17, 15) is 14.4 Å². The van der Waals surface area contributed by atoms with Gasteiger partial charge < -0.3 is 9.73 Å². The van der Waals surface area contributed by atoms with Crippen LogP contribution in [0.2, 0.25) is 0 Å². The number of benzene rings is 1. The lowest BCUT2D eigenvalue weighted by molar-refractivity contribution is -0.132. The Bertz CT molecular complexity index is 820. The molecular formula is C17H16BrN3O4. The van der Waals surface area contributed by atoms with Gasteiger partial charge in [0.05, 0.1) is 0 Å². The van der Waals surface area contributed by atoms with E-state index >= 15 is 0 Å². The molecule has 1 aliphatic rings. The highest BCUT2D eigenvalue weighted by Gasteiger charge is 2.48. The average Bonchev–Trinajstić information content (AvgIpc) is 3.12. The minimum Gasteiger partial charge on any atom is -0.444 e. The Morgan fingerprint density at radius 1 is 1.24 bits per heavy atom. The number of hydrazine groups is 1. The van der Waals surface area contributed by atoms with E-state index in [0.717, 1.165) is 5.56 Å². The summed E-state index contributed by atoms with van der Waals surface area (Å²) in [5.41, 5.74) is 2.26. The van der Waals surface area contributed by atoms with Crippen molar-refractivity contribution < 1.29 is 18.8 Å². The minimum atomic E-state index is -1.08. The van der Waals surface area contributed by atoms with Gasteiger partial charge in [-0.25, -0.2) is 10.2 Å². The van der Waals surface area contributed by atoms with Crippen LogP contribution in [0.1, 0.15) is 29.5 Å². The first kappa shape index (κ1) is 17.2. The Hall–Kier alpha value is -2.61. The number of carbonyl (C=O) groups is 3. The first-order valence-electron chi connectivity index (χ1n) is 7.66. The highest BCUT2D eigenvalue weighted by molar-refractivity contribution is 9.10. The van der Waals surface area contributed by atoms with Gasteiger partial charge in [0.25, 0.3) is 5.91 Å². The van der Waals surface area contributed by atoms with E-state index in [1.165, 1.54) is 6.07 Å². The summed E-state index contributed by atoms with van der Waals surface area (Å²) >= 11 is 3.09. The summed E-state index contributed by atoms with van der Waals surface area (Å²) in [5, 5.41) is 3.34. The Labute approximate surface area is 152 Å². The summed E-state index contributed by atoms with van der Waals surface area (Å²) in [5.74, 6) is -1.20. The normalized spacial score (nSPS) is 19.8. The highest BCUT2D eigenvalue weighted by Crippen LogP contribution is 2.22. The van der Waals surface area contributed by atoms with Crippen molar-refractivity contribution in [3.8, 4) is 0 Å². The van der Waals surface area contributed by atoms with E-state index in [2.05, 4.69) is 26.7 Å². The number of urea groups is 1. The molecule has 7 nitrogen and oxygen atoms in total. The predicted octanol–water partition coefficient (Wildman–Crippen LogP) is 2.63. The summed E-state index contributed by atoms with van der Waals surface area (Å²) < 4.78 is 5.50. The summed E-state index contributed by atoms with van der Waals surface area (Å²) in [6.45, 7) is 1.64. The highest BCUT2D eigenvalue weighted by atomic mass is 79.9. The van der Waals surface area contributed by atoms with Gasteiger partial charge in [0, 0.05) is 0 Å². The lowest BCUT2D eigenvalue weighted by Gasteiger charge is -2.21. The molecule has 1 aromatic carbocycles. The largest absolute Gasteiger partial charge is 0.444 e. The molecule has 2 heterocycles. The molecule has 2 aromatic rings. The number of aryl methyl sites for hydroxylation is 1. The number of hydrogen-bond donors (Lipinski definition) is 2. The van der Waals surface area contributed by atoms with Crippen LogP contribution >= 0.6 is 15.9 Å². The molecule has 3 rings (SSSR count). The number of nitrogens with one attached hydrogen (secondary N) is 2. The van der Waals surface area contributed by atoms with Crippen molar-refractivity contribution in [2.45, 2.75) is 25.3 Å². The first-order valence-corrected chi connectivity index (χ1v) is 8.45. The van der Waals surface area contributed by atoms with Crippen LogP contribution in [0.5, 0.6) is 0 Å². The second-order valence-electron chi connectivity index (χ2n) is 5.93. The topological polar surface area (TPSA) is 91.7 Å². The first-order chi connectivity index (χ1) is 11.9. The van der Waals surface area contributed by atoms with Gasteiger partial charge in [-0.3, -0.25) is 9.59 Å². The smallest absolute Gasteiger partial charge is 0.344 e. The van der Waals surface area contributed by atoms with Crippen LogP contribution in [0.15, 0.2) is 51.6 Å². The molecule has 0 radical (unpaired) electrons. The standard InChI is InChI=1S/C17H16BrN3O4/c1-17(10-9-11-5-3-2-4-6-11)15(23)21(16(24)19-17)20-14(22)12-7-8-13(18)25-12/h2-8H,9-10H2,1H3,(H,19,24)(H,20,22). The zero-order valence-corrected chi connectivity index (χ0v) is 15.0. The predicted molar refractivity (Wildman–Crippen MR) is 92.4 cm³/mol. The molecule has 0 bridgehead atoms. The molecule has 2 N–H and O–H groups in total. The Balaban J connectivity index is 1.67. The third-order valence-corrected chi connectivity index (χ3v) is 4.45. The number of hydrogen-bond acceptors (Lipinski definition) is 4. The molecule has 4 amide bonds. The quantitative estimate of drug-likeness (QED) is 0.747. The molecular weight excluding hydrogens is 390 g/mol. The fourth-order valence-electron chi connectivity index (χ4n) is 2.59. The maximum Gasteiger partial charge on any atom is 0.344 e. The zero-order chi connectivity index (χ0) is 18.0. The molecule has 1 aliphatic heterocycles. The van der Waals surface area contributed by atoms with Crippen molar-refractivity contribution in [1.82, 2.24) is 15.8 Å². The fraction of sp³-hybridized carbons (Fsp3) is 0.235. The molecule has 0 spiro atoms.